The van der Waals surface area contributed by atoms with E-state index in [1.807, 2.05) is 11.8 Å². The van der Waals surface area contributed by atoms with E-state index in [9.17, 15) is 0 Å². The molecular weight excluding hydrogens is 238 g/mol. The normalized spacial score (nSPS) is 23.6. The number of hydrogen-bond donors (Lipinski definition) is 1. The van der Waals surface area contributed by atoms with Gasteiger partial charge in [0, 0.05) is 10.6 Å². The second-order valence-electron chi connectivity index (χ2n) is 4.69. The fourth-order valence-corrected chi connectivity index (χ4v) is 3.91. The van der Waals surface area contributed by atoms with E-state index in [1.54, 1.807) is 0 Å². The molecule has 0 radical (unpaired) electrons. The molecule has 18 heavy (non-hydrogen) atoms. The van der Waals surface area contributed by atoms with Crippen LogP contribution in [0.3, 0.4) is 0 Å². The molecule has 1 heterocycles. The van der Waals surface area contributed by atoms with Crippen LogP contribution in [0.25, 0.3) is 6.08 Å². The van der Waals surface area contributed by atoms with Crippen molar-refractivity contribution in [1.82, 2.24) is 0 Å². The van der Waals surface area contributed by atoms with Gasteiger partial charge in [-0.15, -0.1) is 11.8 Å². The van der Waals surface area contributed by atoms with Gasteiger partial charge in [0.1, 0.15) is 0 Å². The maximum atomic E-state index is 3.68. The van der Waals surface area contributed by atoms with Crippen LogP contribution in [-0.4, -0.2) is 5.25 Å². The third-order valence-corrected chi connectivity index (χ3v) is 4.90. The van der Waals surface area contributed by atoms with Crippen LogP contribution >= 0.6 is 11.8 Å². The predicted octanol–water partition coefficient (Wildman–Crippen LogP) is 4.34. The van der Waals surface area contributed by atoms with Crippen LogP contribution in [0.15, 0.2) is 59.5 Å². The molecule has 1 aliphatic heterocycles. The summed E-state index contributed by atoms with van der Waals surface area (Å²) < 4.78 is 0. The first-order valence-electron chi connectivity index (χ1n) is 6.21. The summed E-state index contributed by atoms with van der Waals surface area (Å²) in [4.78, 5) is 1.35. The van der Waals surface area contributed by atoms with Crippen LogP contribution in [0.5, 0.6) is 0 Å². The molecule has 2 unspecified atom stereocenters. The molecule has 1 nitrogen and oxygen atoms in total. The van der Waals surface area contributed by atoms with Crippen molar-refractivity contribution in [2.45, 2.75) is 16.2 Å². The van der Waals surface area contributed by atoms with Gasteiger partial charge in [-0.2, -0.15) is 0 Å². The van der Waals surface area contributed by atoms with Gasteiger partial charge in [-0.1, -0.05) is 48.6 Å². The van der Waals surface area contributed by atoms with Crippen molar-refractivity contribution in [3.63, 3.8) is 0 Å². The van der Waals surface area contributed by atoms with Gasteiger partial charge in [0.25, 0.3) is 0 Å². The lowest BCUT2D eigenvalue weighted by atomic mass is 9.92. The van der Waals surface area contributed by atoms with Crippen molar-refractivity contribution in [3.05, 3.63) is 65.7 Å². The molecule has 2 heteroatoms. The van der Waals surface area contributed by atoms with Crippen molar-refractivity contribution in [2.24, 2.45) is 0 Å². The van der Waals surface area contributed by atoms with Gasteiger partial charge in [0.05, 0.1) is 11.3 Å². The lowest BCUT2D eigenvalue weighted by Crippen LogP contribution is -2.28. The number of hydrogen-bond acceptors (Lipinski definition) is 2. The molecule has 2 aromatic rings. The average Bonchev–Trinajstić information content (AvgIpc) is 2.45. The maximum Gasteiger partial charge on any atom is 0.0677 e. The fourth-order valence-electron chi connectivity index (χ4n) is 2.70. The second kappa shape index (κ2) is 3.92. The molecule has 0 aromatic heterocycles. The van der Waals surface area contributed by atoms with E-state index in [4.69, 9.17) is 0 Å². The van der Waals surface area contributed by atoms with Gasteiger partial charge >= 0.3 is 0 Å². The molecule has 2 atom stereocenters. The molecule has 0 bridgehead atoms. The molecule has 0 amide bonds. The Hall–Kier alpha value is -1.67. The Balaban J connectivity index is 1.82. The highest BCUT2D eigenvalue weighted by Gasteiger charge is 2.31. The third-order valence-electron chi connectivity index (χ3n) is 3.59. The van der Waals surface area contributed by atoms with Gasteiger partial charge in [-0.05, 0) is 23.3 Å². The van der Waals surface area contributed by atoms with Crippen LogP contribution in [0.2, 0.25) is 0 Å². The van der Waals surface area contributed by atoms with E-state index < -0.39 is 0 Å². The largest absolute Gasteiger partial charge is 0.376 e. The number of thioether (sulfide) groups is 1. The minimum Gasteiger partial charge on any atom is -0.376 e. The van der Waals surface area contributed by atoms with E-state index in [0.717, 1.165) is 0 Å². The van der Waals surface area contributed by atoms with Crippen LogP contribution in [-0.2, 0) is 0 Å². The minimum absolute atomic E-state index is 0.395. The van der Waals surface area contributed by atoms with Gasteiger partial charge in [0.15, 0.2) is 0 Å². The molecule has 1 aliphatic carbocycles. The summed E-state index contributed by atoms with van der Waals surface area (Å²) in [5.41, 5.74) is 4.01. The third kappa shape index (κ3) is 1.49. The Labute approximate surface area is 111 Å². The molecule has 1 N–H and O–H groups in total. The molecule has 2 aliphatic rings. The Kier molecular flexibility index (Phi) is 2.24. The summed E-state index contributed by atoms with van der Waals surface area (Å²) in [5, 5.41) is 4.18. The number of rotatable bonds is 0. The summed E-state index contributed by atoms with van der Waals surface area (Å²) >= 11 is 1.96. The summed E-state index contributed by atoms with van der Waals surface area (Å²) in [6.45, 7) is 0. The van der Waals surface area contributed by atoms with E-state index in [0.29, 0.717) is 11.3 Å². The first-order valence-corrected chi connectivity index (χ1v) is 7.09. The Morgan fingerprint density at radius 3 is 2.78 bits per heavy atom. The molecule has 0 saturated carbocycles. The SMILES string of the molecule is C1=CC2Sc3ccccc3NC2c2ccccc21. The Bertz CT molecular complexity index is 632. The number of benzene rings is 2. The van der Waals surface area contributed by atoms with Crippen molar-refractivity contribution in [1.29, 1.82) is 0 Å². The number of fused-ring (bicyclic) bond motifs is 4. The van der Waals surface area contributed by atoms with Gasteiger partial charge in [0.2, 0.25) is 0 Å². The smallest absolute Gasteiger partial charge is 0.0677 e. The first kappa shape index (κ1) is 10.3. The van der Waals surface area contributed by atoms with Crippen molar-refractivity contribution < 1.29 is 0 Å². The summed E-state index contributed by atoms with van der Waals surface area (Å²) in [6, 6.07) is 17.6. The van der Waals surface area contributed by atoms with Crippen LogP contribution < -0.4 is 5.32 Å². The van der Waals surface area contributed by atoms with Gasteiger partial charge in [-0.25, -0.2) is 0 Å². The second-order valence-corrected chi connectivity index (χ2v) is 5.91. The van der Waals surface area contributed by atoms with Gasteiger partial charge < -0.3 is 5.32 Å². The average molecular weight is 251 g/mol. The molecule has 88 valence electrons. The topological polar surface area (TPSA) is 12.0 Å². The summed E-state index contributed by atoms with van der Waals surface area (Å²) in [7, 11) is 0. The van der Waals surface area contributed by atoms with Crippen molar-refractivity contribution >= 4 is 23.5 Å². The predicted molar refractivity (Wildman–Crippen MR) is 77.9 cm³/mol. The van der Waals surface area contributed by atoms with Crippen LogP contribution in [0, 0.1) is 0 Å². The zero-order chi connectivity index (χ0) is 11.9. The van der Waals surface area contributed by atoms with Crippen LogP contribution in [0.4, 0.5) is 5.69 Å². The number of para-hydroxylation sites is 1. The zero-order valence-corrected chi connectivity index (χ0v) is 10.7. The van der Waals surface area contributed by atoms with E-state index in [-0.39, 0.29) is 0 Å². The molecule has 0 spiro atoms. The van der Waals surface area contributed by atoms with Crippen molar-refractivity contribution in [2.75, 3.05) is 5.32 Å². The quantitative estimate of drug-likeness (QED) is 0.747. The Morgan fingerprint density at radius 2 is 1.78 bits per heavy atom. The minimum atomic E-state index is 0.395. The molecule has 0 fully saturated rings. The fraction of sp³-hybridized carbons (Fsp3) is 0.125. The monoisotopic (exact) mass is 251 g/mol. The van der Waals surface area contributed by atoms with E-state index in [2.05, 4.69) is 66.0 Å². The highest BCUT2D eigenvalue weighted by molar-refractivity contribution is 8.00. The lowest BCUT2D eigenvalue weighted by Gasteiger charge is -2.35. The van der Waals surface area contributed by atoms with Crippen LogP contribution in [0.1, 0.15) is 17.2 Å². The molecule has 2 aromatic carbocycles. The summed E-state index contributed by atoms with van der Waals surface area (Å²) in [5.74, 6) is 0. The Morgan fingerprint density at radius 1 is 0.944 bits per heavy atom. The number of nitrogens with one attached hydrogen (secondary N) is 1. The molecular formula is C16H13NS. The van der Waals surface area contributed by atoms with Crippen molar-refractivity contribution in [3.8, 4) is 0 Å². The zero-order valence-electron chi connectivity index (χ0n) is 9.84. The standard InChI is InChI=1S/C16H13NS/c1-2-6-12-11(5-1)9-10-15-16(12)17-13-7-3-4-8-14(13)18-15/h1-10,15-17H. The lowest BCUT2D eigenvalue weighted by molar-refractivity contribution is 0.788. The molecule has 0 saturated heterocycles. The van der Waals surface area contributed by atoms with Gasteiger partial charge in [-0.3, -0.25) is 0 Å². The highest BCUT2D eigenvalue weighted by atomic mass is 32.2. The first-order chi connectivity index (χ1) is 8.92. The highest BCUT2D eigenvalue weighted by Crippen LogP contribution is 2.46. The number of anilines is 1. The van der Waals surface area contributed by atoms with E-state index >= 15 is 0 Å². The van der Waals surface area contributed by atoms with E-state index in [1.165, 1.54) is 21.7 Å². The molecule has 4 rings (SSSR count). The summed E-state index contributed by atoms with van der Waals surface area (Å²) in [6.07, 6.45) is 4.57. The maximum absolute atomic E-state index is 3.68.